The van der Waals surface area contributed by atoms with Crippen molar-refractivity contribution in [1.29, 1.82) is 0 Å². The number of halogens is 1. The lowest BCUT2D eigenvalue weighted by atomic mass is 10.3. The van der Waals surface area contributed by atoms with E-state index < -0.39 is 0 Å². The maximum absolute atomic E-state index is 12.7. The molecular weight excluding hydrogens is 396 g/mol. The highest BCUT2D eigenvalue weighted by atomic mass is 35.5. The summed E-state index contributed by atoms with van der Waals surface area (Å²) < 4.78 is 5.37. The standard InChI is InChI=1S/C19H21ClN6O3/c1-3-16(27)23-12-5-6-15(21-9-12)18(28)26-8-7-13(11-26)24-19-22-10-14(20)17(25-19)29-4-2/h3,5-6,9-10,13H,1,4,7-8,11H2,2H3,(H,23,27)(H,22,24,25). The molecule has 1 atom stereocenters. The minimum Gasteiger partial charge on any atom is -0.477 e. The molecule has 10 heteroatoms. The molecule has 1 unspecified atom stereocenters. The van der Waals surface area contributed by atoms with Gasteiger partial charge in [-0.2, -0.15) is 4.98 Å². The number of aromatic nitrogens is 3. The molecule has 0 radical (unpaired) electrons. The maximum Gasteiger partial charge on any atom is 0.272 e. The van der Waals surface area contributed by atoms with Crippen LogP contribution in [0.15, 0.2) is 37.2 Å². The molecule has 29 heavy (non-hydrogen) atoms. The Hall–Kier alpha value is -3.20. The van der Waals surface area contributed by atoms with Gasteiger partial charge in [0, 0.05) is 19.1 Å². The third-order valence-corrected chi connectivity index (χ3v) is 4.50. The number of amides is 2. The van der Waals surface area contributed by atoms with Crippen LogP contribution in [0.3, 0.4) is 0 Å². The van der Waals surface area contributed by atoms with Crippen LogP contribution in [0.1, 0.15) is 23.8 Å². The zero-order valence-electron chi connectivity index (χ0n) is 15.9. The summed E-state index contributed by atoms with van der Waals surface area (Å²) in [6.45, 7) is 6.76. The van der Waals surface area contributed by atoms with Crippen LogP contribution in [-0.4, -0.2) is 57.4 Å². The predicted molar refractivity (Wildman–Crippen MR) is 109 cm³/mol. The summed E-state index contributed by atoms with van der Waals surface area (Å²) in [6.07, 6.45) is 4.83. The van der Waals surface area contributed by atoms with E-state index in [9.17, 15) is 9.59 Å². The van der Waals surface area contributed by atoms with Crippen molar-refractivity contribution in [3.63, 3.8) is 0 Å². The highest BCUT2D eigenvalue weighted by Gasteiger charge is 2.28. The van der Waals surface area contributed by atoms with Gasteiger partial charge >= 0.3 is 0 Å². The van der Waals surface area contributed by atoms with Gasteiger partial charge in [0.2, 0.25) is 17.7 Å². The summed E-state index contributed by atoms with van der Waals surface area (Å²) in [5, 5.41) is 6.15. The summed E-state index contributed by atoms with van der Waals surface area (Å²) >= 11 is 6.01. The molecule has 1 saturated heterocycles. The lowest BCUT2D eigenvalue weighted by Gasteiger charge is -2.17. The van der Waals surface area contributed by atoms with Crippen LogP contribution >= 0.6 is 11.6 Å². The first-order valence-electron chi connectivity index (χ1n) is 9.10. The van der Waals surface area contributed by atoms with Crippen molar-refractivity contribution < 1.29 is 14.3 Å². The van der Waals surface area contributed by atoms with E-state index in [0.29, 0.717) is 47.9 Å². The Morgan fingerprint density at radius 2 is 2.21 bits per heavy atom. The number of nitrogens with one attached hydrogen (secondary N) is 2. The number of rotatable bonds is 7. The minimum absolute atomic E-state index is 0.000699. The van der Waals surface area contributed by atoms with E-state index in [2.05, 4.69) is 32.2 Å². The molecule has 2 N–H and O–H groups in total. The van der Waals surface area contributed by atoms with Gasteiger partial charge in [0.25, 0.3) is 5.91 Å². The van der Waals surface area contributed by atoms with Crippen LogP contribution in [0.4, 0.5) is 11.6 Å². The monoisotopic (exact) mass is 416 g/mol. The van der Waals surface area contributed by atoms with Crippen molar-refractivity contribution in [2.75, 3.05) is 30.3 Å². The van der Waals surface area contributed by atoms with Crippen molar-refractivity contribution in [2.45, 2.75) is 19.4 Å². The van der Waals surface area contributed by atoms with Gasteiger partial charge in [-0.15, -0.1) is 0 Å². The zero-order valence-corrected chi connectivity index (χ0v) is 16.6. The van der Waals surface area contributed by atoms with Gasteiger partial charge in [-0.3, -0.25) is 9.59 Å². The second-order valence-electron chi connectivity index (χ2n) is 6.29. The van der Waals surface area contributed by atoms with Gasteiger partial charge < -0.3 is 20.3 Å². The molecule has 0 bridgehead atoms. The van der Waals surface area contributed by atoms with Crippen molar-refractivity contribution in [3.05, 3.63) is 47.9 Å². The molecule has 0 aromatic carbocycles. The summed E-state index contributed by atoms with van der Waals surface area (Å²) in [6, 6.07) is 3.21. The molecule has 152 valence electrons. The first kappa shape index (κ1) is 20.5. The highest BCUT2D eigenvalue weighted by molar-refractivity contribution is 6.31. The molecule has 0 aliphatic carbocycles. The summed E-state index contributed by atoms with van der Waals surface area (Å²) in [4.78, 5) is 38.3. The second-order valence-corrected chi connectivity index (χ2v) is 6.69. The van der Waals surface area contributed by atoms with E-state index >= 15 is 0 Å². The molecule has 2 amide bonds. The maximum atomic E-state index is 12.7. The Morgan fingerprint density at radius 1 is 1.38 bits per heavy atom. The molecule has 1 aliphatic rings. The summed E-state index contributed by atoms with van der Waals surface area (Å²) in [7, 11) is 0. The number of anilines is 2. The van der Waals surface area contributed by atoms with Crippen LogP contribution in [-0.2, 0) is 4.79 Å². The van der Waals surface area contributed by atoms with Gasteiger partial charge in [0.15, 0.2) is 0 Å². The molecule has 2 aromatic rings. The van der Waals surface area contributed by atoms with Crippen LogP contribution in [0.25, 0.3) is 0 Å². The number of likely N-dealkylation sites (tertiary alicyclic amines) is 1. The Morgan fingerprint density at radius 3 is 2.90 bits per heavy atom. The van der Waals surface area contributed by atoms with E-state index in [1.807, 2.05) is 6.92 Å². The Labute approximate surface area is 173 Å². The Kier molecular flexibility index (Phi) is 6.61. The van der Waals surface area contributed by atoms with E-state index in [4.69, 9.17) is 16.3 Å². The van der Waals surface area contributed by atoms with E-state index in [1.165, 1.54) is 12.4 Å². The van der Waals surface area contributed by atoms with Gasteiger partial charge in [-0.05, 0) is 31.6 Å². The van der Waals surface area contributed by atoms with E-state index in [0.717, 1.165) is 12.5 Å². The SMILES string of the molecule is C=CC(=O)Nc1ccc(C(=O)N2CCC(Nc3ncc(Cl)c(OCC)n3)C2)nc1. The first-order valence-corrected chi connectivity index (χ1v) is 9.48. The molecule has 0 saturated carbocycles. The lowest BCUT2D eigenvalue weighted by molar-refractivity contribution is -0.111. The fourth-order valence-electron chi connectivity index (χ4n) is 2.85. The van der Waals surface area contributed by atoms with Crippen molar-refractivity contribution in [3.8, 4) is 5.88 Å². The van der Waals surface area contributed by atoms with Gasteiger partial charge in [-0.25, -0.2) is 9.97 Å². The van der Waals surface area contributed by atoms with E-state index in [1.54, 1.807) is 17.0 Å². The molecule has 1 aliphatic heterocycles. The average molecular weight is 417 g/mol. The number of hydrogen-bond donors (Lipinski definition) is 2. The quantitative estimate of drug-likeness (QED) is 0.667. The molecule has 9 nitrogen and oxygen atoms in total. The van der Waals surface area contributed by atoms with Crippen molar-refractivity contribution in [2.24, 2.45) is 0 Å². The van der Waals surface area contributed by atoms with Gasteiger partial charge in [-0.1, -0.05) is 18.2 Å². The van der Waals surface area contributed by atoms with Crippen LogP contribution in [0.5, 0.6) is 5.88 Å². The van der Waals surface area contributed by atoms with Gasteiger partial charge in [0.05, 0.1) is 24.7 Å². The van der Waals surface area contributed by atoms with Crippen molar-refractivity contribution in [1.82, 2.24) is 19.9 Å². The number of hydrogen-bond acceptors (Lipinski definition) is 7. The molecular formula is C19H21ClN6O3. The second kappa shape index (κ2) is 9.33. The van der Waals surface area contributed by atoms with Crippen LogP contribution in [0, 0.1) is 0 Å². The topological polar surface area (TPSA) is 109 Å². The lowest BCUT2D eigenvalue weighted by Crippen LogP contribution is -2.32. The summed E-state index contributed by atoms with van der Waals surface area (Å²) in [5.74, 6) is 0.210. The number of nitrogens with zero attached hydrogens (tertiary/aromatic N) is 4. The third kappa shape index (κ3) is 5.20. The smallest absolute Gasteiger partial charge is 0.272 e. The predicted octanol–water partition coefficient (Wildman–Crippen LogP) is 2.37. The van der Waals surface area contributed by atoms with Crippen LogP contribution in [0.2, 0.25) is 5.02 Å². The molecule has 3 rings (SSSR count). The Bertz CT molecular complexity index is 905. The Balaban J connectivity index is 1.59. The highest BCUT2D eigenvalue weighted by Crippen LogP contribution is 2.23. The van der Waals surface area contributed by atoms with E-state index in [-0.39, 0.29) is 17.9 Å². The molecule has 3 heterocycles. The van der Waals surface area contributed by atoms with Crippen LogP contribution < -0.4 is 15.4 Å². The minimum atomic E-state index is -0.337. The molecule has 0 spiro atoms. The summed E-state index contributed by atoms with van der Waals surface area (Å²) in [5.41, 5.74) is 0.807. The molecule has 1 fully saturated rings. The zero-order chi connectivity index (χ0) is 20.8. The average Bonchev–Trinajstić information content (AvgIpc) is 3.19. The molecule has 2 aromatic heterocycles. The number of pyridine rings is 1. The third-order valence-electron chi connectivity index (χ3n) is 4.24. The number of ether oxygens (including phenoxy) is 1. The normalized spacial score (nSPS) is 15.7. The van der Waals surface area contributed by atoms with Crippen molar-refractivity contribution >= 4 is 35.1 Å². The van der Waals surface area contributed by atoms with Gasteiger partial charge in [0.1, 0.15) is 10.7 Å². The largest absolute Gasteiger partial charge is 0.477 e. The first-order chi connectivity index (χ1) is 14.0. The fourth-order valence-corrected chi connectivity index (χ4v) is 3.00. The number of carbonyl (C=O) groups excluding carboxylic acids is 2. The fraction of sp³-hybridized carbons (Fsp3) is 0.316. The number of carbonyl (C=O) groups is 2.